The highest BCUT2D eigenvalue weighted by molar-refractivity contribution is 5.64. The van der Waals surface area contributed by atoms with E-state index >= 15 is 0 Å². The molecule has 2 N–H and O–H groups in total. The minimum absolute atomic E-state index is 0.450. The van der Waals surface area contributed by atoms with Crippen LogP contribution in [0.2, 0.25) is 0 Å². The Morgan fingerprint density at radius 2 is 1.52 bits per heavy atom. The van der Waals surface area contributed by atoms with Gasteiger partial charge in [-0.3, -0.25) is 0 Å². The molecule has 3 rings (SSSR count). The molecule has 5 nitrogen and oxygen atoms in total. The largest absolute Gasteiger partial charge is 0.351 e. The Bertz CT molecular complexity index is 733. The number of benzene rings is 1. The van der Waals surface area contributed by atoms with Crippen molar-refractivity contribution >= 4 is 17.6 Å². The van der Waals surface area contributed by atoms with Crippen molar-refractivity contribution in [1.82, 2.24) is 15.0 Å². The molecule has 1 saturated carbocycles. The smallest absolute Gasteiger partial charge is 0.232 e. The first-order valence-corrected chi connectivity index (χ1v) is 9.26. The third-order valence-electron chi connectivity index (χ3n) is 5.09. The van der Waals surface area contributed by atoms with Gasteiger partial charge in [-0.25, -0.2) is 0 Å². The number of nitrogens with one attached hydrogen (secondary N) is 2. The fraction of sp³-hybridized carbons (Fsp3) is 0.550. The molecule has 1 aliphatic rings. The summed E-state index contributed by atoms with van der Waals surface area (Å²) in [5, 5.41) is 6.93. The Balaban J connectivity index is 1.82. The zero-order valence-corrected chi connectivity index (χ0v) is 16.0. The van der Waals surface area contributed by atoms with Crippen molar-refractivity contribution < 1.29 is 0 Å². The van der Waals surface area contributed by atoms with Crippen LogP contribution >= 0.6 is 0 Å². The lowest BCUT2D eigenvalue weighted by atomic mass is 9.86. The number of hydrogen-bond acceptors (Lipinski definition) is 5. The summed E-state index contributed by atoms with van der Waals surface area (Å²) in [5.41, 5.74) is 4.74. The fourth-order valence-electron chi connectivity index (χ4n) is 3.79. The van der Waals surface area contributed by atoms with Gasteiger partial charge in [0.25, 0.3) is 0 Å². The summed E-state index contributed by atoms with van der Waals surface area (Å²) < 4.78 is 0. The molecule has 2 aromatic rings. The molecular formula is C20H29N5. The van der Waals surface area contributed by atoms with Crippen LogP contribution in [0.15, 0.2) is 12.1 Å². The van der Waals surface area contributed by atoms with E-state index in [0.717, 1.165) is 11.5 Å². The standard InChI is InChI=1S/C20H29N5/c1-12-10-14(3)18(15(4)11-12)24-20-22-16(5)21-19(25-20)23-17-9-7-6-8-13(17)2/h10-11,13,17H,6-9H2,1-5H3,(H2,21,22,23,24,25). The number of hydrogen-bond donors (Lipinski definition) is 2. The summed E-state index contributed by atoms with van der Waals surface area (Å²) in [6.07, 6.45) is 5.06. The van der Waals surface area contributed by atoms with Crippen LogP contribution in [0.3, 0.4) is 0 Å². The minimum Gasteiger partial charge on any atom is -0.351 e. The van der Waals surface area contributed by atoms with Gasteiger partial charge >= 0.3 is 0 Å². The van der Waals surface area contributed by atoms with E-state index in [4.69, 9.17) is 0 Å². The molecule has 2 unspecified atom stereocenters. The molecule has 0 bridgehead atoms. The van der Waals surface area contributed by atoms with Gasteiger partial charge in [-0.1, -0.05) is 37.5 Å². The highest BCUT2D eigenvalue weighted by atomic mass is 15.2. The van der Waals surface area contributed by atoms with E-state index in [0.29, 0.717) is 23.9 Å². The van der Waals surface area contributed by atoms with Gasteiger partial charge in [-0.15, -0.1) is 0 Å². The number of nitrogens with zero attached hydrogens (tertiary/aromatic N) is 3. The second-order valence-corrected chi connectivity index (χ2v) is 7.44. The van der Waals surface area contributed by atoms with Crippen molar-refractivity contribution in [2.24, 2.45) is 5.92 Å². The third-order valence-corrected chi connectivity index (χ3v) is 5.09. The van der Waals surface area contributed by atoms with Crippen LogP contribution in [0, 0.1) is 33.6 Å². The summed E-state index contributed by atoms with van der Waals surface area (Å²) in [7, 11) is 0. The van der Waals surface area contributed by atoms with Crippen molar-refractivity contribution in [3.05, 3.63) is 34.6 Å². The molecule has 1 aromatic carbocycles. The molecular weight excluding hydrogens is 310 g/mol. The Morgan fingerprint density at radius 1 is 0.880 bits per heavy atom. The van der Waals surface area contributed by atoms with E-state index in [1.165, 1.54) is 42.4 Å². The van der Waals surface area contributed by atoms with Crippen molar-refractivity contribution in [2.75, 3.05) is 10.6 Å². The van der Waals surface area contributed by atoms with Gasteiger partial charge in [0.15, 0.2) is 0 Å². The van der Waals surface area contributed by atoms with Crippen LogP contribution in [-0.2, 0) is 0 Å². The Labute approximate surface area is 150 Å². The number of anilines is 3. The lowest BCUT2D eigenvalue weighted by Gasteiger charge is -2.29. The molecule has 134 valence electrons. The van der Waals surface area contributed by atoms with Crippen molar-refractivity contribution in [2.45, 2.75) is 66.3 Å². The van der Waals surface area contributed by atoms with Crippen LogP contribution in [-0.4, -0.2) is 21.0 Å². The maximum absolute atomic E-state index is 4.62. The SMILES string of the molecule is Cc1cc(C)c(Nc2nc(C)nc(NC3CCCCC3C)n2)c(C)c1. The van der Waals surface area contributed by atoms with Gasteiger partial charge < -0.3 is 10.6 Å². The van der Waals surface area contributed by atoms with Crippen LogP contribution in [0.5, 0.6) is 0 Å². The molecule has 1 aliphatic carbocycles. The molecule has 2 atom stereocenters. The van der Waals surface area contributed by atoms with E-state index in [2.05, 4.69) is 65.4 Å². The number of rotatable bonds is 4. The van der Waals surface area contributed by atoms with Crippen molar-refractivity contribution in [3.8, 4) is 0 Å². The molecule has 1 aromatic heterocycles. The van der Waals surface area contributed by atoms with Crippen LogP contribution < -0.4 is 10.6 Å². The molecule has 1 fully saturated rings. The highest BCUT2D eigenvalue weighted by Crippen LogP contribution is 2.27. The van der Waals surface area contributed by atoms with E-state index < -0.39 is 0 Å². The summed E-state index contributed by atoms with van der Waals surface area (Å²) in [6.45, 7) is 10.6. The van der Waals surface area contributed by atoms with E-state index in [1.807, 2.05) is 6.92 Å². The molecule has 5 heteroatoms. The van der Waals surface area contributed by atoms with Gasteiger partial charge in [-0.05, 0) is 57.6 Å². The molecule has 0 saturated heterocycles. The topological polar surface area (TPSA) is 62.7 Å². The summed E-state index contributed by atoms with van der Waals surface area (Å²) in [6, 6.07) is 4.80. The predicted molar refractivity (Wildman–Crippen MR) is 104 cm³/mol. The first-order valence-electron chi connectivity index (χ1n) is 9.26. The molecule has 0 radical (unpaired) electrons. The monoisotopic (exact) mass is 339 g/mol. The summed E-state index contributed by atoms with van der Waals surface area (Å²) in [5.74, 6) is 2.67. The molecule has 0 spiro atoms. The average molecular weight is 339 g/mol. The van der Waals surface area contributed by atoms with Gasteiger partial charge in [0.05, 0.1) is 0 Å². The van der Waals surface area contributed by atoms with E-state index in [-0.39, 0.29) is 0 Å². The van der Waals surface area contributed by atoms with Gasteiger partial charge in [-0.2, -0.15) is 15.0 Å². The number of aryl methyl sites for hydroxylation is 4. The Kier molecular flexibility index (Phi) is 5.21. The fourth-order valence-corrected chi connectivity index (χ4v) is 3.79. The minimum atomic E-state index is 0.450. The normalized spacial score (nSPS) is 20.4. The molecule has 1 heterocycles. The summed E-state index contributed by atoms with van der Waals surface area (Å²) >= 11 is 0. The lowest BCUT2D eigenvalue weighted by molar-refractivity contribution is 0.348. The van der Waals surface area contributed by atoms with Crippen molar-refractivity contribution in [3.63, 3.8) is 0 Å². The van der Waals surface area contributed by atoms with Crippen molar-refractivity contribution in [1.29, 1.82) is 0 Å². The first-order chi connectivity index (χ1) is 11.9. The van der Waals surface area contributed by atoms with E-state index in [1.54, 1.807) is 0 Å². The highest BCUT2D eigenvalue weighted by Gasteiger charge is 2.22. The third kappa shape index (κ3) is 4.27. The van der Waals surface area contributed by atoms with Crippen LogP contribution in [0.1, 0.15) is 55.1 Å². The molecule has 0 aliphatic heterocycles. The quantitative estimate of drug-likeness (QED) is 0.834. The van der Waals surface area contributed by atoms with Crippen LogP contribution in [0.4, 0.5) is 17.6 Å². The maximum atomic E-state index is 4.62. The van der Waals surface area contributed by atoms with Gasteiger partial charge in [0, 0.05) is 11.7 Å². The van der Waals surface area contributed by atoms with E-state index in [9.17, 15) is 0 Å². The summed E-state index contributed by atoms with van der Waals surface area (Å²) in [4.78, 5) is 13.6. The second-order valence-electron chi connectivity index (χ2n) is 7.44. The Hall–Kier alpha value is -2.17. The average Bonchev–Trinajstić information content (AvgIpc) is 2.52. The molecule has 0 amide bonds. The second kappa shape index (κ2) is 7.38. The van der Waals surface area contributed by atoms with Gasteiger partial charge in [0.1, 0.15) is 5.82 Å². The zero-order valence-electron chi connectivity index (χ0n) is 16.0. The predicted octanol–water partition coefficient (Wildman–Crippen LogP) is 4.84. The van der Waals surface area contributed by atoms with Gasteiger partial charge in [0.2, 0.25) is 11.9 Å². The maximum Gasteiger partial charge on any atom is 0.232 e. The first kappa shape index (κ1) is 17.6. The Morgan fingerprint density at radius 3 is 2.20 bits per heavy atom. The lowest BCUT2D eigenvalue weighted by Crippen LogP contribution is -2.31. The number of aromatic nitrogens is 3. The van der Waals surface area contributed by atoms with Crippen LogP contribution in [0.25, 0.3) is 0 Å². The molecule has 25 heavy (non-hydrogen) atoms. The zero-order chi connectivity index (χ0) is 18.0.